The lowest BCUT2D eigenvalue weighted by atomic mass is 9.75. The third-order valence-electron chi connectivity index (χ3n) is 6.66. The molecule has 1 aromatic carbocycles. The molecule has 2 aromatic rings. The third-order valence-corrected chi connectivity index (χ3v) is 8.38. The first-order valence-electron chi connectivity index (χ1n) is 10.6. The van der Waals surface area contributed by atoms with Gasteiger partial charge in [0.2, 0.25) is 0 Å². The molecule has 2 unspecified atom stereocenters. The fraction of sp³-hybridized carbons (Fsp3) is 0.591. The Kier molecular flexibility index (Phi) is 5.76. The average molecular weight is 435 g/mol. The monoisotopic (exact) mass is 434 g/mol. The molecular weight excluding hydrogens is 403 g/mol. The molecule has 1 aliphatic carbocycles. The van der Waals surface area contributed by atoms with E-state index < -0.39 is 10.0 Å². The van der Waals surface area contributed by atoms with Crippen LogP contribution in [-0.4, -0.2) is 47.4 Å². The van der Waals surface area contributed by atoms with Crippen LogP contribution in [0.15, 0.2) is 41.8 Å². The number of aryl methyl sites for hydroxylation is 1. The molecular formula is C22H31FN4O2S. The summed E-state index contributed by atoms with van der Waals surface area (Å²) < 4.78 is 43.0. The quantitative estimate of drug-likeness (QED) is 0.784. The van der Waals surface area contributed by atoms with Gasteiger partial charge in [-0.15, -0.1) is 0 Å². The average Bonchev–Trinajstić information content (AvgIpc) is 3.31. The molecule has 0 bridgehead atoms. The van der Waals surface area contributed by atoms with Crippen LogP contribution in [0.5, 0.6) is 0 Å². The van der Waals surface area contributed by atoms with Crippen molar-refractivity contribution in [3.05, 3.63) is 48.2 Å². The Balaban J connectivity index is 1.56. The first-order chi connectivity index (χ1) is 14.1. The van der Waals surface area contributed by atoms with Crippen molar-refractivity contribution < 1.29 is 12.8 Å². The summed E-state index contributed by atoms with van der Waals surface area (Å²) in [5.74, 6) is -0.312. The maximum atomic E-state index is 13.5. The number of imidazole rings is 1. The van der Waals surface area contributed by atoms with E-state index in [1.165, 1.54) is 29.0 Å². The Morgan fingerprint density at radius 3 is 2.40 bits per heavy atom. The molecule has 1 aromatic heterocycles. The normalized spacial score (nSPS) is 25.6. The van der Waals surface area contributed by atoms with Crippen molar-refractivity contribution in [2.75, 3.05) is 13.1 Å². The van der Waals surface area contributed by atoms with Gasteiger partial charge in [-0.3, -0.25) is 0 Å². The summed E-state index contributed by atoms with van der Waals surface area (Å²) in [6.45, 7) is 5.36. The predicted molar refractivity (Wildman–Crippen MR) is 114 cm³/mol. The topological polar surface area (TPSA) is 67.2 Å². The standard InChI is InChI=1S/C22H31FN4O2S/c1-22(2)10-8-18(9-11-22)25-20-13-27(30(28,29)21-14-26(3)15-24-21)12-19(20)16-4-6-17(23)7-5-16/h4-7,14-15,18-20,25H,8-13H2,1-3H3. The molecule has 1 aliphatic heterocycles. The highest BCUT2D eigenvalue weighted by Gasteiger charge is 2.42. The Hall–Kier alpha value is -1.77. The lowest BCUT2D eigenvalue weighted by Crippen LogP contribution is -2.45. The minimum atomic E-state index is -3.67. The zero-order chi connectivity index (χ0) is 21.5. The van der Waals surface area contributed by atoms with E-state index in [0.29, 0.717) is 24.5 Å². The van der Waals surface area contributed by atoms with Crippen molar-refractivity contribution in [3.63, 3.8) is 0 Å². The molecule has 0 spiro atoms. The van der Waals surface area contributed by atoms with E-state index in [4.69, 9.17) is 0 Å². The van der Waals surface area contributed by atoms with Gasteiger partial charge >= 0.3 is 0 Å². The number of nitrogens with one attached hydrogen (secondary N) is 1. The first kappa shape index (κ1) is 21.5. The van der Waals surface area contributed by atoms with Gasteiger partial charge in [0.25, 0.3) is 10.0 Å². The summed E-state index contributed by atoms with van der Waals surface area (Å²) in [5, 5.41) is 3.82. The smallest absolute Gasteiger partial charge is 0.262 e. The van der Waals surface area contributed by atoms with Crippen LogP contribution in [0.1, 0.15) is 51.0 Å². The number of benzene rings is 1. The second-order valence-electron chi connectivity index (χ2n) is 9.57. The van der Waals surface area contributed by atoms with Gasteiger partial charge in [0, 0.05) is 44.3 Å². The summed E-state index contributed by atoms with van der Waals surface area (Å²) in [6, 6.07) is 6.81. The number of hydrogen-bond acceptors (Lipinski definition) is 4. The minimum absolute atomic E-state index is 0.0137. The maximum Gasteiger partial charge on any atom is 0.262 e. The van der Waals surface area contributed by atoms with E-state index in [-0.39, 0.29) is 22.8 Å². The molecule has 1 saturated heterocycles. The van der Waals surface area contributed by atoms with Crippen LogP contribution >= 0.6 is 0 Å². The molecule has 164 valence electrons. The van der Waals surface area contributed by atoms with Crippen LogP contribution in [0.25, 0.3) is 0 Å². The van der Waals surface area contributed by atoms with E-state index in [1.54, 1.807) is 23.7 Å². The van der Waals surface area contributed by atoms with Gasteiger partial charge < -0.3 is 9.88 Å². The Labute approximate surface area is 178 Å². The molecule has 2 atom stereocenters. The molecule has 30 heavy (non-hydrogen) atoms. The summed E-state index contributed by atoms with van der Waals surface area (Å²) in [4.78, 5) is 4.06. The van der Waals surface area contributed by atoms with Crippen molar-refractivity contribution in [3.8, 4) is 0 Å². The number of sulfonamides is 1. The highest BCUT2D eigenvalue weighted by molar-refractivity contribution is 7.89. The fourth-order valence-electron chi connectivity index (χ4n) is 4.70. The summed E-state index contributed by atoms with van der Waals surface area (Å²) in [7, 11) is -1.92. The van der Waals surface area contributed by atoms with Gasteiger partial charge in [-0.1, -0.05) is 26.0 Å². The molecule has 0 amide bonds. The SMILES string of the molecule is Cn1cnc(S(=O)(=O)N2CC(NC3CCC(C)(C)CC3)C(c3ccc(F)cc3)C2)c1. The molecule has 2 heterocycles. The molecule has 6 nitrogen and oxygen atoms in total. The summed E-state index contributed by atoms with van der Waals surface area (Å²) >= 11 is 0. The highest BCUT2D eigenvalue weighted by atomic mass is 32.2. The maximum absolute atomic E-state index is 13.5. The molecule has 4 rings (SSSR count). The second kappa shape index (κ2) is 8.05. The van der Waals surface area contributed by atoms with Gasteiger partial charge in [0.15, 0.2) is 5.03 Å². The van der Waals surface area contributed by atoms with Crippen molar-refractivity contribution in [2.24, 2.45) is 12.5 Å². The molecule has 1 saturated carbocycles. The van der Waals surface area contributed by atoms with Crippen molar-refractivity contribution in [1.29, 1.82) is 0 Å². The van der Waals surface area contributed by atoms with Crippen LogP contribution < -0.4 is 5.32 Å². The van der Waals surface area contributed by atoms with Crippen LogP contribution in [-0.2, 0) is 17.1 Å². The fourth-order valence-corrected chi connectivity index (χ4v) is 6.16. The van der Waals surface area contributed by atoms with E-state index in [9.17, 15) is 12.8 Å². The highest BCUT2D eigenvalue weighted by Crippen LogP contribution is 2.37. The van der Waals surface area contributed by atoms with Crippen LogP contribution in [0.3, 0.4) is 0 Å². The third kappa shape index (κ3) is 4.45. The zero-order valence-corrected chi connectivity index (χ0v) is 18.7. The van der Waals surface area contributed by atoms with Gasteiger partial charge in [-0.2, -0.15) is 4.31 Å². The lowest BCUT2D eigenvalue weighted by Gasteiger charge is -2.36. The number of aromatic nitrogens is 2. The van der Waals surface area contributed by atoms with Crippen molar-refractivity contribution >= 4 is 10.0 Å². The molecule has 2 aliphatic rings. The Bertz CT molecular complexity index is 977. The van der Waals surface area contributed by atoms with E-state index in [1.807, 2.05) is 0 Å². The van der Waals surface area contributed by atoms with Crippen LogP contribution in [0.2, 0.25) is 0 Å². The Morgan fingerprint density at radius 1 is 1.13 bits per heavy atom. The number of hydrogen-bond donors (Lipinski definition) is 1. The first-order valence-corrected chi connectivity index (χ1v) is 12.1. The predicted octanol–water partition coefficient (Wildman–Crippen LogP) is 3.27. The van der Waals surface area contributed by atoms with E-state index in [2.05, 4.69) is 24.1 Å². The molecule has 0 radical (unpaired) electrons. The minimum Gasteiger partial charge on any atom is -0.339 e. The Morgan fingerprint density at radius 2 is 1.80 bits per heavy atom. The van der Waals surface area contributed by atoms with Gasteiger partial charge in [0.1, 0.15) is 5.82 Å². The van der Waals surface area contributed by atoms with Gasteiger partial charge in [0.05, 0.1) is 6.33 Å². The van der Waals surface area contributed by atoms with Gasteiger partial charge in [-0.05, 0) is 48.8 Å². The molecule has 8 heteroatoms. The van der Waals surface area contributed by atoms with E-state index in [0.717, 1.165) is 31.2 Å². The van der Waals surface area contributed by atoms with Crippen LogP contribution in [0.4, 0.5) is 4.39 Å². The molecule has 2 fully saturated rings. The van der Waals surface area contributed by atoms with E-state index >= 15 is 0 Å². The van der Waals surface area contributed by atoms with Crippen molar-refractivity contribution in [2.45, 2.75) is 62.6 Å². The summed E-state index contributed by atoms with van der Waals surface area (Å²) in [6.07, 6.45) is 7.54. The largest absolute Gasteiger partial charge is 0.339 e. The number of rotatable bonds is 5. The van der Waals surface area contributed by atoms with Gasteiger partial charge in [-0.25, -0.2) is 17.8 Å². The lowest BCUT2D eigenvalue weighted by molar-refractivity contribution is 0.197. The van der Waals surface area contributed by atoms with Crippen LogP contribution in [0, 0.1) is 11.2 Å². The zero-order valence-electron chi connectivity index (χ0n) is 17.9. The molecule has 1 N–H and O–H groups in total. The summed E-state index contributed by atoms with van der Waals surface area (Å²) in [5.41, 5.74) is 1.34. The number of nitrogens with zero attached hydrogens (tertiary/aromatic N) is 3. The van der Waals surface area contributed by atoms with Crippen molar-refractivity contribution in [1.82, 2.24) is 19.2 Å². The second-order valence-corrected chi connectivity index (χ2v) is 11.5. The number of halogens is 1.